The summed E-state index contributed by atoms with van der Waals surface area (Å²) in [7, 11) is 0. The molecule has 0 bridgehead atoms. The quantitative estimate of drug-likeness (QED) is 0.484. The molecule has 31 heavy (non-hydrogen) atoms. The zero-order valence-electron chi connectivity index (χ0n) is 17.7. The number of para-hydroxylation sites is 1. The molecule has 0 saturated carbocycles. The highest BCUT2D eigenvalue weighted by Gasteiger charge is 2.13. The molecule has 0 atom stereocenters. The van der Waals surface area contributed by atoms with Gasteiger partial charge in [0.25, 0.3) is 0 Å². The standard InChI is InChI=1S/C24H26N6O/c1-18-23(19(2)30(28-18)22-7-4-3-5-8-22)16-26-24(31)25-15-20-9-11-21(12-10-20)17-29-14-6-13-27-29/h3-14H,15-17H2,1-2H3,(H2,25,26,31). The lowest BCUT2D eigenvalue weighted by molar-refractivity contribution is 0.240. The average molecular weight is 415 g/mol. The van der Waals surface area contributed by atoms with E-state index < -0.39 is 0 Å². The summed E-state index contributed by atoms with van der Waals surface area (Å²) in [4.78, 5) is 12.3. The molecule has 0 saturated heterocycles. The maximum Gasteiger partial charge on any atom is 0.315 e. The Hall–Kier alpha value is -3.87. The molecule has 7 nitrogen and oxygen atoms in total. The van der Waals surface area contributed by atoms with Crippen molar-refractivity contribution >= 4 is 6.03 Å². The summed E-state index contributed by atoms with van der Waals surface area (Å²) in [5, 5.41) is 14.7. The van der Waals surface area contributed by atoms with E-state index in [-0.39, 0.29) is 6.03 Å². The number of rotatable bonds is 7. The van der Waals surface area contributed by atoms with Crippen LogP contribution in [0.3, 0.4) is 0 Å². The van der Waals surface area contributed by atoms with E-state index in [9.17, 15) is 4.79 Å². The number of aromatic nitrogens is 4. The largest absolute Gasteiger partial charge is 0.334 e. The Balaban J connectivity index is 1.29. The molecule has 2 heterocycles. The van der Waals surface area contributed by atoms with Crippen LogP contribution in [0.15, 0.2) is 73.1 Å². The third kappa shape index (κ3) is 5.01. The second kappa shape index (κ2) is 9.30. The maximum atomic E-state index is 12.3. The minimum atomic E-state index is -0.202. The topological polar surface area (TPSA) is 76.8 Å². The first kappa shape index (κ1) is 20.4. The zero-order chi connectivity index (χ0) is 21.6. The number of nitrogens with one attached hydrogen (secondary N) is 2. The molecule has 2 aromatic carbocycles. The van der Waals surface area contributed by atoms with Crippen molar-refractivity contribution in [1.82, 2.24) is 30.2 Å². The minimum absolute atomic E-state index is 0.202. The molecular weight excluding hydrogens is 388 g/mol. The van der Waals surface area contributed by atoms with Gasteiger partial charge in [0.05, 0.1) is 17.9 Å². The number of aryl methyl sites for hydroxylation is 1. The normalized spacial score (nSPS) is 10.8. The van der Waals surface area contributed by atoms with E-state index in [0.717, 1.165) is 34.7 Å². The van der Waals surface area contributed by atoms with Gasteiger partial charge in [0.2, 0.25) is 0 Å². The van der Waals surface area contributed by atoms with E-state index in [1.54, 1.807) is 6.20 Å². The van der Waals surface area contributed by atoms with Crippen LogP contribution in [0.5, 0.6) is 0 Å². The summed E-state index contributed by atoms with van der Waals surface area (Å²) in [6, 6.07) is 19.9. The van der Waals surface area contributed by atoms with E-state index >= 15 is 0 Å². The van der Waals surface area contributed by atoms with Crippen molar-refractivity contribution in [3.05, 3.63) is 101 Å². The molecule has 2 aromatic heterocycles. The second-order valence-electron chi connectivity index (χ2n) is 7.45. The SMILES string of the molecule is Cc1nn(-c2ccccc2)c(C)c1CNC(=O)NCc1ccc(Cn2cccn2)cc1. The van der Waals surface area contributed by atoms with Crippen molar-refractivity contribution in [3.63, 3.8) is 0 Å². The van der Waals surface area contributed by atoms with Gasteiger partial charge in [-0.3, -0.25) is 4.68 Å². The molecule has 2 amide bonds. The molecule has 2 N–H and O–H groups in total. The molecule has 7 heteroatoms. The number of hydrogen-bond acceptors (Lipinski definition) is 3. The van der Waals surface area contributed by atoms with Crippen LogP contribution in [-0.2, 0) is 19.6 Å². The van der Waals surface area contributed by atoms with Gasteiger partial charge in [-0.05, 0) is 43.2 Å². The Morgan fingerprint density at radius 3 is 2.32 bits per heavy atom. The average Bonchev–Trinajstić information content (AvgIpc) is 3.40. The van der Waals surface area contributed by atoms with Gasteiger partial charge >= 0.3 is 6.03 Å². The van der Waals surface area contributed by atoms with Crippen molar-refractivity contribution in [2.45, 2.75) is 33.5 Å². The highest BCUT2D eigenvalue weighted by Crippen LogP contribution is 2.17. The highest BCUT2D eigenvalue weighted by atomic mass is 16.2. The summed E-state index contributed by atoms with van der Waals surface area (Å²) in [5.74, 6) is 0. The summed E-state index contributed by atoms with van der Waals surface area (Å²) >= 11 is 0. The van der Waals surface area contributed by atoms with Gasteiger partial charge in [-0.1, -0.05) is 42.5 Å². The molecule has 158 valence electrons. The van der Waals surface area contributed by atoms with Crippen molar-refractivity contribution in [2.24, 2.45) is 0 Å². The van der Waals surface area contributed by atoms with Crippen molar-refractivity contribution in [1.29, 1.82) is 0 Å². The summed E-state index contributed by atoms with van der Waals surface area (Å²) in [5.41, 5.74) is 6.19. The Morgan fingerprint density at radius 1 is 0.903 bits per heavy atom. The van der Waals surface area contributed by atoms with Crippen LogP contribution in [0.4, 0.5) is 4.79 Å². The van der Waals surface area contributed by atoms with E-state index in [2.05, 4.69) is 33.0 Å². The van der Waals surface area contributed by atoms with Crippen LogP contribution in [0.25, 0.3) is 5.69 Å². The van der Waals surface area contributed by atoms with Gasteiger partial charge in [-0.2, -0.15) is 10.2 Å². The van der Waals surface area contributed by atoms with Gasteiger partial charge in [0, 0.05) is 36.7 Å². The molecule has 0 radical (unpaired) electrons. The van der Waals surface area contributed by atoms with Crippen molar-refractivity contribution in [3.8, 4) is 5.69 Å². The fraction of sp³-hybridized carbons (Fsp3) is 0.208. The molecule has 0 fully saturated rings. The van der Waals surface area contributed by atoms with Crippen LogP contribution < -0.4 is 10.6 Å². The van der Waals surface area contributed by atoms with Crippen LogP contribution >= 0.6 is 0 Å². The van der Waals surface area contributed by atoms with Gasteiger partial charge in [-0.25, -0.2) is 9.48 Å². The Morgan fingerprint density at radius 2 is 1.61 bits per heavy atom. The third-order valence-corrected chi connectivity index (χ3v) is 5.25. The number of nitrogens with zero attached hydrogens (tertiary/aromatic N) is 4. The first-order valence-electron chi connectivity index (χ1n) is 10.3. The van der Waals surface area contributed by atoms with E-state index in [4.69, 9.17) is 0 Å². The van der Waals surface area contributed by atoms with Gasteiger partial charge in [0.1, 0.15) is 0 Å². The fourth-order valence-electron chi connectivity index (χ4n) is 3.51. The molecule has 4 aromatic rings. The van der Waals surface area contributed by atoms with Crippen molar-refractivity contribution in [2.75, 3.05) is 0 Å². The predicted octanol–water partition coefficient (Wildman–Crippen LogP) is 3.73. The Bertz CT molecular complexity index is 1130. The van der Waals surface area contributed by atoms with E-state index in [0.29, 0.717) is 13.1 Å². The third-order valence-electron chi connectivity index (χ3n) is 5.25. The molecule has 0 spiro atoms. The molecular formula is C24H26N6O. The first-order valence-corrected chi connectivity index (χ1v) is 10.3. The van der Waals surface area contributed by atoms with Crippen LogP contribution in [0.1, 0.15) is 28.1 Å². The maximum absolute atomic E-state index is 12.3. The number of urea groups is 1. The lowest BCUT2D eigenvalue weighted by atomic mass is 10.1. The zero-order valence-corrected chi connectivity index (χ0v) is 17.7. The second-order valence-corrected chi connectivity index (χ2v) is 7.45. The monoisotopic (exact) mass is 414 g/mol. The fourth-order valence-corrected chi connectivity index (χ4v) is 3.51. The van der Waals surface area contributed by atoms with Crippen LogP contribution in [0.2, 0.25) is 0 Å². The summed E-state index contributed by atoms with van der Waals surface area (Å²) in [6.07, 6.45) is 3.71. The lowest BCUT2D eigenvalue weighted by Gasteiger charge is -2.09. The predicted molar refractivity (Wildman–Crippen MR) is 120 cm³/mol. The Kier molecular flexibility index (Phi) is 6.12. The molecule has 0 aliphatic carbocycles. The van der Waals surface area contributed by atoms with E-state index in [1.807, 2.05) is 77.9 Å². The first-order chi connectivity index (χ1) is 15.1. The summed E-state index contributed by atoms with van der Waals surface area (Å²) < 4.78 is 3.79. The lowest BCUT2D eigenvalue weighted by Crippen LogP contribution is -2.34. The molecule has 0 aliphatic heterocycles. The minimum Gasteiger partial charge on any atom is -0.334 e. The Labute approximate surface area is 181 Å². The number of carbonyl (C=O) groups is 1. The van der Waals surface area contributed by atoms with Gasteiger partial charge in [0.15, 0.2) is 0 Å². The molecule has 0 unspecified atom stereocenters. The molecule has 0 aliphatic rings. The van der Waals surface area contributed by atoms with Crippen molar-refractivity contribution < 1.29 is 4.79 Å². The number of carbonyl (C=O) groups excluding carboxylic acids is 1. The van der Waals surface area contributed by atoms with Gasteiger partial charge < -0.3 is 10.6 Å². The number of amides is 2. The number of hydrogen-bond donors (Lipinski definition) is 2. The smallest absolute Gasteiger partial charge is 0.315 e. The molecule has 4 rings (SSSR count). The highest BCUT2D eigenvalue weighted by molar-refractivity contribution is 5.73. The van der Waals surface area contributed by atoms with Gasteiger partial charge in [-0.15, -0.1) is 0 Å². The number of benzene rings is 2. The van der Waals surface area contributed by atoms with Crippen LogP contribution in [-0.4, -0.2) is 25.6 Å². The van der Waals surface area contributed by atoms with E-state index in [1.165, 1.54) is 5.56 Å². The van der Waals surface area contributed by atoms with Crippen LogP contribution in [0, 0.1) is 13.8 Å². The summed E-state index contributed by atoms with van der Waals surface area (Å²) in [6.45, 7) is 5.61.